The highest BCUT2D eigenvalue weighted by Gasteiger charge is 2.33. The van der Waals surface area contributed by atoms with Crippen molar-refractivity contribution in [1.29, 1.82) is 0 Å². The van der Waals surface area contributed by atoms with Gasteiger partial charge < -0.3 is 14.2 Å². The molecule has 2 aromatic carbocycles. The number of allylic oxidation sites excluding steroid dienone is 1. The number of hydrogen-bond acceptors (Lipinski definition) is 8. The quantitative estimate of drug-likeness (QED) is 0.279. The molecule has 0 amide bonds. The molecule has 2 heterocycles. The minimum atomic E-state index is -0.692. The smallest absolute Gasteiger partial charge is 0.338 e. The summed E-state index contributed by atoms with van der Waals surface area (Å²) in [6, 6.07) is 13.6. The minimum Gasteiger partial charge on any atom is -0.493 e. The van der Waals surface area contributed by atoms with Gasteiger partial charge in [-0.15, -0.1) is 0 Å². The number of rotatable bonds is 7. The van der Waals surface area contributed by atoms with E-state index in [1.165, 1.54) is 36.0 Å². The molecule has 0 saturated carbocycles. The Balaban J connectivity index is 1.87. The van der Waals surface area contributed by atoms with Crippen molar-refractivity contribution in [3.8, 4) is 11.5 Å². The van der Waals surface area contributed by atoms with Crippen LogP contribution in [0, 0.1) is 0 Å². The number of thiazole rings is 1. The second-order valence-corrected chi connectivity index (χ2v) is 8.89. The molecule has 9 heteroatoms. The van der Waals surface area contributed by atoms with E-state index >= 15 is 0 Å². The molecule has 0 N–H and O–H groups in total. The van der Waals surface area contributed by atoms with E-state index in [2.05, 4.69) is 11.6 Å². The molecule has 8 nitrogen and oxygen atoms in total. The van der Waals surface area contributed by atoms with Gasteiger partial charge in [-0.2, -0.15) is 0 Å². The third-order valence-electron chi connectivity index (χ3n) is 5.43. The molecule has 0 fully saturated rings. The van der Waals surface area contributed by atoms with Crippen LogP contribution in [-0.2, 0) is 14.3 Å². The maximum atomic E-state index is 13.6. The molecule has 1 aliphatic rings. The van der Waals surface area contributed by atoms with Crippen LogP contribution in [0.5, 0.6) is 11.5 Å². The van der Waals surface area contributed by atoms with Gasteiger partial charge in [-0.05, 0) is 36.3 Å². The number of esters is 2. The van der Waals surface area contributed by atoms with Crippen molar-refractivity contribution in [3.05, 3.63) is 103 Å². The molecule has 1 aromatic heterocycles. The van der Waals surface area contributed by atoms with E-state index in [9.17, 15) is 14.4 Å². The van der Waals surface area contributed by atoms with Crippen LogP contribution in [0.3, 0.4) is 0 Å². The monoisotopic (exact) mass is 504 g/mol. The van der Waals surface area contributed by atoms with Gasteiger partial charge in [0, 0.05) is 6.92 Å². The highest BCUT2D eigenvalue weighted by atomic mass is 32.1. The molecular weight excluding hydrogens is 480 g/mol. The maximum Gasteiger partial charge on any atom is 0.338 e. The van der Waals surface area contributed by atoms with Gasteiger partial charge in [0.05, 0.1) is 29.0 Å². The predicted octanol–water partition coefficient (Wildman–Crippen LogP) is 2.90. The molecule has 1 atom stereocenters. The first-order valence-electron chi connectivity index (χ1n) is 11.1. The summed E-state index contributed by atoms with van der Waals surface area (Å²) in [5.74, 6) is -0.374. The van der Waals surface area contributed by atoms with Crippen molar-refractivity contribution < 1.29 is 23.8 Å². The Morgan fingerprint density at radius 1 is 1.17 bits per heavy atom. The summed E-state index contributed by atoms with van der Waals surface area (Å²) in [5.41, 5.74) is 1.92. The van der Waals surface area contributed by atoms with Gasteiger partial charge in [-0.1, -0.05) is 60.4 Å². The lowest BCUT2D eigenvalue weighted by Crippen LogP contribution is -2.39. The topological polar surface area (TPSA) is 96.2 Å². The van der Waals surface area contributed by atoms with Crippen molar-refractivity contribution in [2.24, 2.45) is 4.99 Å². The molecule has 1 unspecified atom stereocenters. The van der Waals surface area contributed by atoms with Crippen molar-refractivity contribution in [1.82, 2.24) is 4.57 Å². The number of carbonyl (C=O) groups excluding carboxylic acids is 2. The number of ether oxygens (including phenoxy) is 3. The lowest BCUT2D eigenvalue weighted by atomic mass is 9.96. The minimum absolute atomic E-state index is 0.0483. The largest absolute Gasteiger partial charge is 0.493 e. The van der Waals surface area contributed by atoms with Crippen LogP contribution in [0.2, 0.25) is 0 Å². The maximum absolute atomic E-state index is 13.6. The number of fused-ring (bicyclic) bond motifs is 1. The molecule has 184 valence electrons. The third kappa shape index (κ3) is 4.92. The first-order chi connectivity index (χ1) is 17.3. The zero-order valence-electron chi connectivity index (χ0n) is 20.0. The summed E-state index contributed by atoms with van der Waals surface area (Å²) in [6.45, 7) is 6.68. The van der Waals surface area contributed by atoms with Crippen molar-refractivity contribution in [2.45, 2.75) is 19.9 Å². The van der Waals surface area contributed by atoms with Crippen molar-refractivity contribution >= 4 is 29.4 Å². The lowest BCUT2D eigenvalue weighted by molar-refractivity contribution is -0.138. The van der Waals surface area contributed by atoms with Gasteiger partial charge in [0.2, 0.25) is 0 Å². The Kier molecular flexibility index (Phi) is 7.30. The highest BCUT2D eigenvalue weighted by Crippen LogP contribution is 2.31. The van der Waals surface area contributed by atoms with E-state index in [4.69, 9.17) is 14.2 Å². The molecule has 0 aliphatic carbocycles. The second-order valence-electron chi connectivity index (χ2n) is 7.88. The number of nitrogens with zero attached hydrogens (tertiary/aromatic N) is 2. The van der Waals surface area contributed by atoms with Crippen LogP contribution in [0.1, 0.15) is 31.0 Å². The number of carbonyl (C=O) groups is 2. The first kappa shape index (κ1) is 24.9. The molecule has 3 aromatic rings. The van der Waals surface area contributed by atoms with E-state index in [0.717, 1.165) is 5.56 Å². The number of hydrogen-bond donors (Lipinski definition) is 0. The highest BCUT2D eigenvalue weighted by molar-refractivity contribution is 7.07. The van der Waals surface area contributed by atoms with E-state index in [1.54, 1.807) is 31.2 Å². The molecule has 0 bridgehead atoms. The fraction of sp³-hybridized carbons (Fsp3) is 0.185. The van der Waals surface area contributed by atoms with E-state index in [-0.39, 0.29) is 17.9 Å². The number of methoxy groups -OCH3 is 1. The standard InChI is InChI=1S/C27H24N2O6S/c1-5-13-34-26(32)23-16(2)28-27-29(24(23)19-9-7-6-8-10-19)25(31)22(36-27)15-18-11-12-20(35-17(3)30)21(14-18)33-4/h5-12,14-15,24H,1,13H2,2-4H3. The normalized spacial score (nSPS) is 15.1. The Labute approximate surface area is 211 Å². The fourth-order valence-corrected chi connectivity index (χ4v) is 4.96. The van der Waals surface area contributed by atoms with Crippen molar-refractivity contribution in [2.75, 3.05) is 13.7 Å². The second kappa shape index (κ2) is 10.6. The lowest BCUT2D eigenvalue weighted by Gasteiger charge is -2.24. The molecule has 1 aliphatic heterocycles. The Morgan fingerprint density at radius 2 is 1.92 bits per heavy atom. The van der Waals surface area contributed by atoms with Gasteiger partial charge in [-0.25, -0.2) is 9.79 Å². The van der Waals surface area contributed by atoms with Crippen LogP contribution in [0.15, 0.2) is 82.2 Å². The van der Waals surface area contributed by atoms with Crippen molar-refractivity contribution in [3.63, 3.8) is 0 Å². The fourth-order valence-electron chi connectivity index (χ4n) is 3.91. The molecule has 0 radical (unpaired) electrons. The molecule has 0 spiro atoms. The Hall–Kier alpha value is -4.24. The van der Waals surface area contributed by atoms with E-state index < -0.39 is 18.0 Å². The Morgan fingerprint density at radius 3 is 2.58 bits per heavy atom. The third-order valence-corrected chi connectivity index (χ3v) is 6.41. The summed E-state index contributed by atoms with van der Waals surface area (Å²) in [4.78, 5) is 43.0. The van der Waals surface area contributed by atoms with Crippen LogP contribution in [0.25, 0.3) is 6.08 Å². The van der Waals surface area contributed by atoms with Gasteiger partial charge >= 0.3 is 11.9 Å². The summed E-state index contributed by atoms with van der Waals surface area (Å²) in [6.07, 6.45) is 3.20. The summed E-state index contributed by atoms with van der Waals surface area (Å²) in [5, 5.41) is 0. The predicted molar refractivity (Wildman–Crippen MR) is 136 cm³/mol. The van der Waals surface area contributed by atoms with Crippen LogP contribution in [0.4, 0.5) is 0 Å². The summed E-state index contributed by atoms with van der Waals surface area (Å²) < 4.78 is 17.8. The number of benzene rings is 2. The summed E-state index contributed by atoms with van der Waals surface area (Å²) in [7, 11) is 1.47. The van der Waals surface area contributed by atoms with E-state index in [1.807, 2.05) is 30.3 Å². The van der Waals surface area contributed by atoms with E-state index in [0.29, 0.717) is 31.9 Å². The average molecular weight is 505 g/mol. The van der Waals surface area contributed by atoms with Gasteiger partial charge in [-0.3, -0.25) is 14.2 Å². The van der Waals surface area contributed by atoms with Crippen LogP contribution in [-0.4, -0.2) is 30.2 Å². The van der Waals surface area contributed by atoms with Gasteiger partial charge in [0.15, 0.2) is 16.3 Å². The zero-order valence-corrected chi connectivity index (χ0v) is 20.8. The first-order valence-corrected chi connectivity index (χ1v) is 11.9. The summed E-state index contributed by atoms with van der Waals surface area (Å²) >= 11 is 1.22. The van der Waals surface area contributed by atoms with Gasteiger partial charge in [0.1, 0.15) is 6.61 Å². The molecule has 0 saturated heterocycles. The average Bonchev–Trinajstić information content (AvgIpc) is 3.16. The van der Waals surface area contributed by atoms with Crippen LogP contribution < -0.4 is 24.4 Å². The van der Waals surface area contributed by atoms with Gasteiger partial charge in [0.25, 0.3) is 5.56 Å². The molecule has 36 heavy (non-hydrogen) atoms. The van der Waals surface area contributed by atoms with Crippen LogP contribution >= 0.6 is 11.3 Å². The Bertz CT molecular complexity index is 1550. The SMILES string of the molecule is C=CCOC(=O)C1=C(C)N=c2sc(=Cc3ccc(OC(C)=O)c(OC)c3)c(=O)n2C1c1ccccc1. The zero-order chi connectivity index (χ0) is 25.8. The molecular formula is C27H24N2O6S. The number of aromatic nitrogens is 1. The molecule has 4 rings (SSSR count).